The van der Waals surface area contributed by atoms with Gasteiger partial charge < -0.3 is 20.3 Å². The average molecular weight is 1040 g/mol. The van der Waals surface area contributed by atoms with Crippen molar-refractivity contribution in [3.05, 3.63) is 48.6 Å². The fourth-order valence-corrected chi connectivity index (χ4v) is 10.0. The summed E-state index contributed by atoms with van der Waals surface area (Å²) >= 11 is 0. The number of carbonyl (C=O) groups is 2. The van der Waals surface area contributed by atoms with Crippen molar-refractivity contribution in [2.45, 2.75) is 360 Å². The lowest BCUT2D eigenvalue weighted by atomic mass is 10.0. The summed E-state index contributed by atoms with van der Waals surface area (Å²) < 4.78 is 5.47. The van der Waals surface area contributed by atoms with Crippen LogP contribution in [0.5, 0.6) is 0 Å². The molecule has 1 amide bonds. The van der Waals surface area contributed by atoms with Crippen molar-refractivity contribution in [2.24, 2.45) is 0 Å². The van der Waals surface area contributed by atoms with E-state index in [9.17, 15) is 19.8 Å². The van der Waals surface area contributed by atoms with Crippen molar-refractivity contribution in [1.29, 1.82) is 0 Å². The Morgan fingerprint density at radius 1 is 0.378 bits per heavy atom. The first kappa shape index (κ1) is 71.8. The van der Waals surface area contributed by atoms with Gasteiger partial charge in [-0.25, -0.2) is 0 Å². The van der Waals surface area contributed by atoms with Crippen molar-refractivity contribution < 1.29 is 24.5 Å². The van der Waals surface area contributed by atoms with Crippen LogP contribution in [0.2, 0.25) is 0 Å². The van der Waals surface area contributed by atoms with Crippen molar-refractivity contribution >= 4 is 11.9 Å². The molecule has 0 aliphatic carbocycles. The number of esters is 1. The van der Waals surface area contributed by atoms with Crippen LogP contribution < -0.4 is 5.32 Å². The molecule has 0 aliphatic rings. The molecule has 6 nitrogen and oxygen atoms in total. The Bertz CT molecular complexity index is 1240. The van der Waals surface area contributed by atoms with E-state index < -0.39 is 12.1 Å². The third kappa shape index (κ3) is 59.1. The second-order valence-electron chi connectivity index (χ2n) is 22.4. The first-order chi connectivity index (χ1) is 36.5. The monoisotopic (exact) mass is 1040 g/mol. The third-order valence-corrected chi connectivity index (χ3v) is 15.1. The predicted molar refractivity (Wildman–Crippen MR) is 324 cm³/mol. The number of aliphatic hydroxyl groups is 2. The molecule has 0 heterocycles. The highest BCUT2D eigenvalue weighted by Crippen LogP contribution is 2.17. The summed E-state index contributed by atoms with van der Waals surface area (Å²) in [6, 6.07) is -0.640. The largest absolute Gasteiger partial charge is 0.466 e. The summed E-state index contributed by atoms with van der Waals surface area (Å²) in [4.78, 5) is 24.6. The zero-order valence-corrected chi connectivity index (χ0v) is 49.6. The van der Waals surface area contributed by atoms with E-state index in [4.69, 9.17) is 4.74 Å². The second kappa shape index (κ2) is 63.4. The van der Waals surface area contributed by atoms with Gasteiger partial charge in [0.15, 0.2) is 0 Å². The van der Waals surface area contributed by atoms with E-state index in [1.165, 1.54) is 257 Å². The third-order valence-electron chi connectivity index (χ3n) is 15.1. The van der Waals surface area contributed by atoms with Gasteiger partial charge >= 0.3 is 5.97 Å². The maximum Gasteiger partial charge on any atom is 0.305 e. The average Bonchev–Trinajstić information content (AvgIpc) is 3.40. The zero-order chi connectivity index (χ0) is 53.6. The van der Waals surface area contributed by atoms with E-state index in [0.29, 0.717) is 19.4 Å². The highest BCUT2D eigenvalue weighted by atomic mass is 16.5. The molecule has 0 saturated heterocycles. The van der Waals surface area contributed by atoms with Gasteiger partial charge in [-0.15, -0.1) is 0 Å². The molecule has 0 fully saturated rings. The fraction of sp³-hybridized carbons (Fsp3) is 0.853. The number of unbranched alkanes of at least 4 members (excludes halogenated alkanes) is 44. The summed E-state index contributed by atoms with van der Waals surface area (Å²) in [6.07, 6.45) is 81.6. The molecule has 0 aromatic heterocycles. The summed E-state index contributed by atoms with van der Waals surface area (Å²) in [5.74, 6) is -0.0943. The van der Waals surface area contributed by atoms with Crippen LogP contribution in [0.15, 0.2) is 48.6 Å². The highest BCUT2D eigenvalue weighted by molar-refractivity contribution is 5.76. The Morgan fingerprint density at radius 2 is 0.676 bits per heavy atom. The molecule has 0 rings (SSSR count). The number of hydrogen-bond donors (Lipinski definition) is 3. The van der Waals surface area contributed by atoms with Crippen LogP contribution in [0, 0.1) is 0 Å². The van der Waals surface area contributed by atoms with Crippen LogP contribution >= 0.6 is 0 Å². The fourth-order valence-electron chi connectivity index (χ4n) is 10.0. The Morgan fingerprint density at radius 3 is 1.07 bits per heavy atom. The van der Waals surface area contributed by atoms with Crippen LogP contribution in [-0.2, 0) is 14.3 Å². The van der Waals surface area contributed by atoms with Crippen molar-refractivity contribution in [1.82, 2.24) is 5.32 Å². The van der Waals surface area contributed by atoms with Crippen LogP contribution in [0.25, 0.3) is 0 Å². The Kier molecular flexibility index (Phi) is 61.5. The molecule has 2 atom stereocenters. The molecule has 0 aromatic rings. The second-order valence-corrected chi connectivity index (χ2v) is 22.4. The maximum absolute atomic E-state index is 12.5. The van der Waals surface area contributed by atoms with Gasteiger partial charge in [0.05, 0.1) is 25.4 Å². The number of allylic oxidation sites excluding steroid dienone is 7. The lowest BCUT2D eigenvalue weighted by molar-refractivity contribution is -0.143. The number of rotatable bonds is 61. The van der Waals surface area contributed by atoms with Gasteiger partial charge in [0, 0.05) is 12.8 Å². The number of carbonyl (C=O) groups excluding carboxylic acids is 2. The molecule has 0 radical (unpaired) electrons. The van der Waals surface area contributed by atoms with E-state index in [1.807, 2.05) is 6.08 Å². The Balaban J connectivity index is 3.49. The van der Waals surface area contributed by atoms with Gasteiger partial charge in [0.1, 0.15) is 0 Å². The molecule has 434 valence electrons. The number of nitrogens with one attached hydrogen (secondary N) is 1. The van der Waals surface area contributed by atoms with Gasteiger partial charge in [-0.3, -0.25) is 9.59 Å². The summed E-state index contributed by atoms with van der Waals surface area (Å²) in [5.41, 5.74) is 0. The predicted octanol–water partition coefficient (Wildman–Crippen LogP) is 20.9. The summed E-state index contributed by atoms with van der Waals surface area (Å²) in [7, 11) is 0. The SMILES string of the molecule is CCCCC/C=C\C/C=C\CCCCCCCC(=O)OCCCCCCCC/C=C\CCCCCCCCCC(=O)NC(CO)C(O)/C=C/CCCCCCCCCCCCCCCCCCCCCCCCC. The molecule has 0 saturated carbocycles. The number of ether oxygens (including phenoxy) is 1. The Labute approximate surface area is 461 Å². The maximum atomic E-state index is 12.5. The van der Waals surface area contributed by atoms with Gasteiger partial charge in [0.2, 0.25) is 5.91 Å². The molecule has 6 heteroatoms. The van der Waals surface area contributed by atoms with E-state index in [0.717, 1.165) is 64.2 Å². The first-order valence-electron chi connectivity index (χ1n) is 32.9. The van der Waals surface area contributed by atoms with Crippen LogP contribution in [0.3, 0.4) is 0 Å². The van der Waals surface area contributed by atoms with Gasteiger partial charge in [-0.1, -0.05) is 294 Å². The first-order valence-corrected chi connectivity index (χ1v) is 32.9. The minimum atomic E-state index is -0.855. The van der Waals surface area contributed by atoms with E-state index >= 15 is 0 Å². The molecular formula is C68H127NO5. The van der Waals surface area contributed by atoms with Crippen molar-refractivity contribution in [2.75, 3.05) is 13.2 Å². The minimum absolute atomic E-state index is 0.0165. The van der Waals surface area contributed by atoms with E-state index in [2.05, 4.69) is 55.6 Å². The van der Waals surface area contributed by atoms with Crippen molar-refractivity contribution in [3.63, 3.8) is 0 Å². The van der Waals surface area contributed by atoms with Gasteiger partial charge in [-0.2, -0.15) is 0 Å². The quantitative estimate of drug-likeness (QED) is 0.0320. The summed E-state index contributed by atoms with van der Waals surface area (Å²) in [5, 5.41) is 23.2. The van der Waals surface area contributed by atoms with E-state index in [1.54, 1.807) is 6.08 Å². The van der Waals surface area contributed by atoms with Gasteiger partial charge in [-0.05, 0) is 89.9 Å². The molecule has 0 spiro atoms. The standard InChI is InChI=1S/C68H127NO5/c1-3-5-7-9-11-13-15-17-19-20-21-22-23-24-25-26-27-29-33-36-40-44-48-52-56-60-66(71)65(64-70)69-67(72)61-57-53-49-45-41-37-34-30-28-31-35-39-43-47-51-55-59-63-74-68(73)62-58-54-50-46-42-38-32-18-16-14-12-10-8-6-4-2/h12,14,18,28,31-32,56,60,65-66,70-71H,3-11,13,15-17,19-27,29-30,33-55,57-59,61-64H2,1-2H3,(H,69,72)/b14-12-,31-28-,32-18-,60-56+. The van der Waals surface area contributed by atoms with Crippen molar-refractivity contribution in [3.8, 4) is 0 Å². The topological polar surface area (TPSA) is 95.9 Å². The summed E-state index contributed by atoms with van der Waals surface area (Å²) in [6.45, 7) is 4.87. The lowest BCUT2D eigenvalue weighted by Crippen LogP contribution is -2.45. The smallest absolute Gasteiger partial charge is 0.305 e. The van der Waals surface area contributed by atoms with E-state index in [-0.39, 0.29) is 18.5 Å². The molecule has 0 aliphatic heterocycles. The molecular weight excluding hydrogens is 911 g/mol. The molecule has 74 heavy (non-hydrogen) atoms. The van der Waals surface area contributed by atoms with Crippen LogP contribution in [0.4, 0.5) is 0 Å². The number of aliphatic hydroxyl groups excluding tert-OH is 2. The minimum Gasteiger partial charge on any atom is -0.466 e. The molecule has 2 unspecified atom stereocenters. The zero-order valence-electron chi connectivity index (χ0n) is 49.6. The van der Waals surface area contributed by atoms with Gasteiger partial charge in [0.25, 0.3) is 0 Å². The van der Waals surface area contributed by atoms with Crippen LogP contribution in [-0.4, -0.2) is 47.4 Å². The number of amides is 1. The molecule has 0 bridgehead atoms. The Hall–Kier alpha value is -2.18. The lowest BCUT2D eigenvalue weighted by Gasteiger charge is -2.20. The normalized spacial score (nSPS) is 12.9. The highest BCUT2D eigenvalue weighted by Gasteiger charge is 2.18. The van der Waals surface area contributed by atoms with Crippen LogP contribution in [0.1, 0.15) is 348 Å². The number of hydrogen-bond acceptors (Lipinski definition) is 5. The molecule has 3 N–H and O–H groups in total. The molecule has 0 aromatic carbocycles.